The Hall–Kier alpha value is -0.190. The first-order valence-corrected chi connectivity index (χ1v) is 12.3. The average molecular weight is 442 g/mol. The molecule has 0 aliphatic carbocycles. The van der Waals surface area contributed by atoms with Gasteiger partial charge in [-0.2, -0.15) is 0 Å². The number of rotatable bonds is 1. The van der Waals surface area contributed by atoms with E-state index < -0.39 is 0 Å². The van der Waals surface area contributed by atoms with Crippen LogP contribution < -0.4 is 0 Å². The number of hydrogen-bond donors (Lipinski definition) is 0. The number of hydrogen-bond acceptors (Lipinski definition) is 9. The van der Waals surface area contributed by atoms with Crippen molar-refractivity contribution in [1.82, 2.24) is 4.98 Å². The monoisotopic (exact) mass is 441 g/mol. The van der Waals surface area contributed by atoms with Crippen LogP contribution in [0.5, 0.6) is 0 Å². The summed E-state index contributed by atoms with van der Waals surface area (Å²) in [5.41, 5.74) is 2.57. The summed E-state index contributed by atoms with van der Waals surface area (Å²) in [5.74, 6) is 0. The molecular weight excluding hydrogens is 431 g/mol. The van der Waals surface area contributed by atoms with Crippen LogP contribution in [0, 0.1) is 0 Å². The fraction of sp³-hybridized carbons (Fsp3) is 0.188. The molecule has 4 aliphatic heterocycles. The molecule has 0 N–H and O–H groups in total. The fourth-order valence-electron chi connectivity index (χ4n) is 2.34. The van der Waals surface area contributed by atoms with Crippen LogP contribution in [0.25, 0.3) is 5.57 Å². The lowest BCUT2D eigenvalue weighted by Crippen LogP contribution is -2.08. The smallest absolute Gasteiger partial charge is 0.208 e. The SMILES string of the molecule is CC(=C1SC2=C(SC(=C3SC4=C(OCCO4)S3)S2)S1)c1ccncc1. The zero-order chi connectivity index (χ0) is 16.8. The van der Waals surface area contributed by atoms with Gasteiger partial charge in [-0.3, -0.25) is 4.98 Å². The molecule has 5 rings (SSSR count). The van der Waals surface area contributed by atoms with E-state index in [0.717, 1.165) is 10.2 Å². The van der Waals surface area contributed by atoms with Crippen molar-refractivity contribution in [2.75, 3.05) is 13.2 Å². The van der Waals surface area contributed by atoms with Gasteiger partial charge in [-0.15, -0.1) is 0 Å². The van der Waals surface area contributed by atoms with E-state index >= 15 is 0 Å². The van der Waals surface area contributed by atoms with Crippen LogP contribution in [0.3, 0.4) is 0 Å². The molecule has 1 aromatic heterocycles. The molecule has 0 radical (unpaired) electrons. The van der Waals surface area contributed by atoms with E-state index in [0.29, 0.717) is 13.2 Å². The van der Waals surface area contributed by atoms with Gasteiger partial charge in [0.25, 0.3) is 0 Å². The van der Waals surface area contributed by atoms with Gasteiger partial charge >= 0.3 is 0 Å². The molecule has 0 atom stereocenters. The molecular formula is C16H11NO2S6. The number of allylic oxidation sites excluding steroid dienone is 1. The van der Waals surface area contributed by atoms with Crippen molar-refractivity contribution in [2.24, 2.45) is 0 Å². The normalized spacial score (nSPS) is 22.2. The van der Waals surface area contributed by atoms with E-state index in [1.165, 1.54) is 32.3 Å². The van der Waals surface area contributed by atoms with Gasteiger partial charge in [0.15, 0.2) is 0 Å². The summed E-state index contributed by atoms with van der Waals surface area (Å²) in [7, 11) is 0. The highest BCUT2D eigenvalue weighted by atomic mass is 32.3. The van der Waals surface area contributed by atoms with Gasteiger partial charge in [0.1, 0.15) is 13.2 Å². The quantitative estimate of drug-likeness (QED) is 0.476. The molecule has 0 saturated carbocycles. The molecule has 0 saturated heterocycles. The minimum atomic E-state index is 0.651. The Labute approximate surface area is 171 Å². The van der Waals surface area contributed by atoms with Crippen molar-refractivity contribution in [3.63, 3.8) is 0 Å². The van der Waals surface area contributed by atoms with Crippen molar-refractivity contribution in [3.05, 3.63) is 61.5 Å². The third-order valence-electron chi connectivity index (χ3n) is 3.58. The Kier molecular flexibility index (Phi) is 4.80. The van der Waals surface area contributed by atoms with Gasteiger partial charge in [-0.05, 0) is 53.7 Å². The largest absolute Gasteiger partial charge is 0.480 e. The summed E-state index contributed by atoms with van der Waals surface area (Å²) in [6.07, 6.45) is 3.70. The van der Waals surface area contributed by atoms with Gasteiger partial charge in [0.2, 0.25) is 10.2 Å². The molecule has 1 aromatic rings. The van der Waals surface area contributed by atoms with Crippen LogP contribution in [0.1, 0.15) is 12.5 Å². The van der Waals surface area contributed by atoms with Gasteiger partial charge in [0, 0.05) is 12.4 Å². The summed E-state index contributed by atoms with van der Waals surface area (Å²) >= 11 is 10.9. The third-order valence-corrected chi connectivity index (χ3v) is 12.3. The lowest BCUT2D eigenvalue weighted by atomic mass is 10.1. The number of ether oxygens (including phenoxy) is 2. The molecule has 25 heavy (non-hydrogen) atoms. The van der Waals surface area contributed by atoms with Crippen LogP contribution in [0.2, 0.25) is 0 Å². The number of aromatic nitrogens is 1. The molecule has 0 spiro atoms. The Bertz CT molecular complexity index is 832. The second-order valence-corrected chi connectivity index (χ2v) is 12.5. The topological polar surface area (TPSA) is 31.4 Å². The molecule has 0 bridgehead atoms. The van der Waals surface area contributed by atoms with Crippen molar-refractivity contribution >= 4 is 76.1 Å². The van der Waals surface area contributed by atoms with Crippen molar-refractivity contribution in [1.29, 1.82) is 0 Å². The van der Waals surface area contributed by atoms with E-state index in [2.05, 4.69) is 24.0 Å². The van der Waals surface area contributed by atoms with E-state index in [1.54, 1.807) is 23.5 Å². The first-order valence-electron chi connectivity index (χ1n) is 7.45. The molecule has 0 fully saturated rings. The van der Waals surface area contributed by atoms with Crippen LogP contribution >= 0.6 is 70.6 Å². The van der Waals surface area contributed by atoms with Crippen LogP contribution in [0.15, 0.2) is 55.9 Å². The summed E-state index contributed by atoms with van der Waals surface area (Å²) in [4.78, 5) is 4.11. The third kappa shape index (κ3) is 3.27. The fourth-order valence-corrected chi connectivity index (χ4v) is 11.3. The van der Waals surface area contributed by atoms with Crippen LogP contribution in [-0.4, -0.2) is 18.2 Å². The number of nitrogens with zero attached hydrogens (tertiary/aromatic N) is 1. The Balaban J connectivity index is 1.31. The molecule has 9 heteroatoms. The zero-order valence-corrected chi connectivity index (χ0v) is 17.8. The van der Waals surface area contributed by atoms with Crippen molar-refractivity contribution in [2.45, 2.75) is 6.92 Å². The van der Waals surface area contributed by atoms with E-state index in [-0.39, 0.29) is 0 Å². The Morgan fingerprint density at radius 3 is 1.92 bits per heavy atom. The van der Waals surface area contributed by atoms with Crippen molar-refractivity contribution in [3.8, 4) is 0 Å². The molecule has 0 unspecified atom stereocenters. The molecule has 3 nitrogen and oxygen atoms in total. The Morgan fingerprint density at radius 2 is 1.32 bits per heavy atom. The minimum Gasteiger partial charge on any atom is -0.480 e. The standard InChI is InChI=1S/C16H11NO2S6/c1-8(9-2-4-17-5-3-9)12-22-15-16(23-12)25-14(24-15)13-20-10-11(21-13)19-7-6-18-10/h2-5H,6-7H2,1H3. The number of thioether (sulfide) groups is 6. The van der Waals surface area contributed by atoms with Gasteiger partial charge in [0.05, 0.1) is 21.2 Å². The highest BCUT2D eigenvalue weighted by Gasteiger charge is 2.36. The minimum absolute atomic E-state index is 0.651. The summed E-state index contributed by atoms with van der Waals surface area (Å²) in [5, 5.41) is 1.86. The second kappa shape index (κ2) is 7.09. The lowest BCUT2D eigenvalue weighted by molar-refractivity contribution is 0.0949. The lowest BCUT2D eigenvalue weighted by Gasteiger charge is -2.13. The highest BCUT2D eigenvalue weighted by molar-refractivity contribution is 8.49. The highest BCUT2D eigenvalue weighted by Crippen LogP contribution is 2.70. The Morgan fingerprint density at radius 1 is 0.800 bits per heavy atom. The van der Waals surface area contributed by atoms with Crippen LogP contribution in [-0.2, 0) is 9.47 Å². The average Bonchev–Trinajstić information content (AvgIpc) is 3.33. The maximum atomic E-state index is 5.69. The zero-order valence-electron chi connectivity index (χ0n) is 12.9. The first kappa shape index (κ1) is 16.9. The summed E-state index contributed by atoms with van der Waals surface area (Å²) < 4.78 is 18.2. The maximum Gasteiger partial charge on any atom is 0.208 e. The van der Waals surface area contributed by atoms with Crippen molar-refractivity contribution < 1.29 is 9.47 Å². The van der Waals surface area contributed by atoms with E-state index in [9.17, 15) is 0 Å². The van der Waals surface area contributed by atoms with E-state index in [4.69, 9.17) is 9.47 Å². The summed E-state index contributed by atoms with van der Waals surface area (Å²) in [6, 6.07) is 4.14. The molecule has 0 aromatic carbocycles. The first-order chi connectivity index (χ1) is 12.3. The second-order valence-electron chi connectivity index (χ2n) is 5.18. The molecule has 0 amide bonds. The molecule has 4 aliphatic rings. The van der Waals surface area contributed by atoms with Gasteiger partial charge < -0.3 is 9.47 Å². The molecule has 5 heterocycles. The van der Waals surface area contributed by atoms with Gasteiger partial charge in [-0.1, -0.05) is 47.0 Å². The predicted octanol–water partition coefficient (Wildman–Crippen LogP) is 6.64. The molecule has 128 valence electrons. The van der Waals surface area contributed by atoms with Crippen LogP contribution in [0.4, 0.5) is 0 Å². The summed E-state index contributed by atoms with van der Waals surface area (Å²) in [6.45, 7) is 3.49. The number of pyridine rings is 1. The van der Waals surface area contributed by atoms with Gasteiger partial charge in [-0.25, -0.2) is 0 Å². The van der Waals surface area contributed by atoms with E-state index in [1.807, 2.05) is 59.4 Å². The maximum absolute atomic E-state index is 5.69. The predicted molar refractivity (Wildman–Crippen MR) is 115 cm³/mol.